The van der Waals surface area contributed by atoms with Crippen molar-refractivity contribution in [1.82, 2.24) is 10.2 Å². The second-order valence-corrected chi connectivity index (χ2v) is 3.96. The van der Waals surface area contributed by atoms with E-state index in [0.29, 0.717) is 6.42 Å². The van der Waals surface area contributed by atoms with Crippen molar-refractivity contribution in [3.8, 4) is 0 Å². The SMILES string of the molecule is Cc1cn[nH]c1NC(=O)CCC1CC1. The number of anilines is 1. The quantitative estimate of drug-likeness (QED) is 0.766. The standard InChI is InChI=1S/C10H15N3O/c1-7-6-11-13-10(7)12-9(14)5-4-8-2-3-8/h6,8H,2-5H2,1H3,(H2,11,12,13,14). The molecule has 0 unspecified atom stereocenters. The van der Waals surface area contributed by atoms with Crippen molar-refractivity contribution in [2.45, 2.75) is 32.6 Å². The normalized spacial score (nSPS) is 15.5. The zero-order valence-corrected chi connectivity index (χ0v) is 8.34. The van der Waals surface area contributed by atoms with Crippen molar-refractivity contribution in [1.29, 1.82) is 0 Å². The molecule has 0 radical (unpaired) electrons. The number of aromatic amines is 1. The molecule has 0 bridgehead atoms. The number of hydrogen-bond acceptors (Lipinski definition) is 2. The fourth-order valence-corrected chi connectivity index (χ4v) is 1.42. The molecular weight excluding hydrogens is 178 g/mol. The summed E-state index contributed by atoms with van der Waals surface area (Å²) >= 11 is 0. The fraction of sp³-hybridized carbons (Fsp3) is 0.600. The molecule has 0 aliphatic heterocycles. The van der Waals surface area contributed by atoms with Crippen molar-refractivity contribution >= 4 is 11.7 Å². The molecule has 1 heterocycles. The Labute approximate surface area is 83.1 Å². The lowest BCUT2D eigenvalue weighted by atomic mass is 10.2. The molecule has 1 fully saturated rings. The van der Waals surface area contributed by atoms with Crippen molar-refractivity contribution in [3.05, 3.63) is 11.8 Å². The molecule has 1 aromatic rings. The molecule has 1 saturated carbocycles. The van der Waals surface area contributed by atoms with Gasteiger partial charge in [0.05, 0.1) is 6.20 Å². The van der Waals surface area contributed by atoms with Crippen LogP contribution in [0.4, 0.5) is 5.82 Å². The average molecular weight is 193 g/mol. The Morgan fingerprint density at radius 2 is 2.50 bits per heavy atom. The van der Waals surface area contributed by atoms with Crippen LogP contribution in [0.25, 0.3) is 0 Å². The van der Waals surface area contributed by atoms with Crippen LogP contribution in [0.2, 0.25) is 0 Å². The van der Waals surface area contributed by atoms with Crippen LogP contribution >= 0.6 is 0 Å². The minimum atomic E-state index is 0.0873. The maximum Gasteiger partial charge on any atom is 0.225 e. The summed E-state index contributed by atoms with van der Waals surface area (Å²) in [4.78, 5) is 11.4. The molecule has 0 saturated heterocycles. The molecule has 4 heteroatoms. The van der Waals surface area contributed by atoms with E-state index in [1.165, 1.54) is 12.8 Å². The van der Waals surface area contributed by atoms with Gasteiger partial charge in [-0.3, -0.25) is 9.89 Å². The third-order valence-electron chi connectivity index (χ3n) is 2.57. The summed E-state index contributed by atoms with van der Waals surface area (Å²) in [5.74, 6) is 1.62. The molecule has 0 atom stereocenters. The highest BCUT2D eigenvalue weighted by molar-refractivity contribution is 5.90. The Balaban J connectivity index is 1.78. The van der Waals surface area contributed by atoms with E-state index in [0.717, 1.165) is 23.7 Å². The summed E-state index contributed by atoms with van der Waals surface area (Å²) < 4.78 is 0. The van der Waals surface area contributed by atoms with Crippen LogP contribution < -0.4 is 5.32 Å². The van der Waals surface area contributed by atoms with E-state index in [-0.39, 0.29) is 5.91 Å². The molecule has 0 spiro atoms. The van der Waals surface area contributed by atoms with Gasteiger partial charge in [0.15, 0.2) is 0 Å². The summed E-state index contributed by atoms with van der Waals surface area (Å²) in [6.07, 6.45) is 5.96. The van der Waals surface area contributed by atoms with E-state index in [1.807, 2.05) is 6.92 Å². The highest BCUT2D eigenvalue weighted by Gasteiger charge is 2.21. The van der Waals surface area contributed by atoms with Crippen LogP contribution in [0.15, 0.2) is 6.20 Å². The lowest BCUT2D eigenvalue weighted by Crippen LogP contribution is -2.12. The van der Waals surface area contributed by atoms with Gasteiger partial charge in [-0.15, -0.1) is 0 Å². The zero-order chi connectivity index (χ0) is 9.97. The Morgan fingerprint density at radius 1 is 1.71 bits per heavy atom. The maximum atomic E-state index is 11.4. The molecule has 1 aliphatic rings. The first kappa shape index (κ1) is 9.24. The first-order valence-electron chi connectivity index (χ1n) is 5.05. The number of aromatic nitrogens is 2. The van der Waals surface area contributed by atoms with Crippen molar-refractivity contribution in [2.75, 3.05) is 5.32 Å². The number of carbonyl (C=O) groups excluding carboxylic acids is 1. The van der Waals surface area contributed by atoms with E-state index in [2.05, 4.69) is 15.5 Å². The third-order valence-corrected chi connectivity index (χ3v) is 2.57. The summed E-state index contributed by atoms with van der Waals surface area (Å²) in [6.45, 7) is 1.92. The van der Waals surface area contributed by atoms with Crippen LogP contribution in [0, 0.1) is 12.8 Å². The molecule has 2 N–H and O–H groups in total. The van der Waals surface area contributed by atoms with Gasteiger partial charge in [0.2, 0.25) is 5.91 Å². The van der Waals surface area contributed by atoms with E-state index >= 15 is 0 Å². The van der Waals surface area contributed by atoms with Gasteiger partial charge >= 0.3 is 0 Å². The van der Waals surface area contributed by atoms with Gasteiger partial charge in [0.25, 0.3) is 0 Å². The second kappa shape index (κ2) is 3.82. The number of rotatable bonds is 4. The molecule has 76 valence electrons. The van der Waals surface area contributed by atoms with Gasteiger partial charge < -0.3 is 5.32 Å². The third kappa shape index (κ3) is 2.34. The van der Waals surface area contributed by atoms with Gasteiger partial charge in [0, 0.05) is 12.0 Å². The minimum Gasteiger partial charge on any atom is -0.311 e. The minimum absolute atomic E-state index is 0.0873. The predicted octanol–water partition coefficient (Wildman–Crippen LogP) is 1.85. The number of nitrogens with zero attached hydrogens (tertiary/aromatic N) is 1. The second-order valence-electron chi connectivity index (χ2n) is 3.96. The largest absolute Gasteiger partial charge is 0.311 e. The number of H-pyrrole nitrogens is 1. The van der Waals surface area contributed by atoms with E-state index in [9.17, 15) is 4.79 Å². The number of carbonyl (C=O) groups is 1. The van der Waals surface area contributed by atoms with E-state index < -0.39 is 0 Å². The summed E-state index contributed by atoms with van der Waals surface area (Å²) in [7, 11) is 0. The Bertz CT molecular complexity index is 328. The lowest BCUT2D eigenvalue weighted by molar-refractivity contribution is -0.116. The smallest absolute Gasteiger partial charge is 0.225 e. The van der Waals surface area contributed by atoms with Gasteiger partial charge in [-0.05, 0) is 19.3 Å². The Hall–Kier alpha value is -1.32. The maximum absolute atomic E-state index is 11.4. The molecule has 1 amide bonds. The summed E-state index contributed by atoms with van der Waals surface area (Å²) in [5.41, 5.74) is 0.977. The number of aryl methyl sites for hydroxylation is 1. The molecule has 14 heavy (non-hydrogen) atoms. The predicted molar refractivity (Wildman–Crippen MR) is 53.9 cm³/mol. The average Bonchev–Trinajstić information content (AvgIpc) is 2.90. The molecule has 2 rings (SSSR count). The van der Waals surface area contributed by atoms with Gasteiger partial charge in [-0.2, -0.15) is 5.10 Å². The van der Waals surface area contributed by atoms with Gasteiger partial charge in [0.1, 0.15) is 5.82 Å². The highest BCUT2D eigenvalue weighted by atomic mass is 16.1. The van der Waals surface area contributed by atoms with Crippen molar-refractivity contribution in [3.63, 3.8) is 0 Å². The topological polar surface area (TPSA) is 57.8 Å². The lowest BCUT2D eigenvalue weighted by Gasteiger charge is -2.02. The monoisotopic (exact) mass is 193 g/mol. The van der Waals surface area contributed by atoms with Crippen molar-refractivity contribution in [2.24, 2.45) is 5.92 Å². The van der Waals surface area contributed by atoms with E-state index in [1.54, 1.807) is 6.20 Å². The number of nitrogens with one attached hydrogen (secondary N) is 2. The van der Waals surface area contributed by atoms with Crippen LogP contribution in [-0.2, 0) is 4.79 Å². The van der Waals surface area contributed by atoms with Crippen LogP contribution in [-0.4, -0.2) is 16.1 Å². The zero-order valence-electron chi connectivity index (χ0n) is 8.34. The van der Waals surface area contributed by atoms with Crippen LogP contribution in [0.5, 0.6) is 0 Å². The molecular formula is C10H15N3O. The molecule has 1 aliphatic carbocycles. The van der Waals surface area contributed by atoms with Crippen LogP contribution in [0.3, 0.4) is 0 Å². The number of amides is 1. The molecule has 0 aromatic carbocycles. The molecule has 1 aromatic heterocycles. The summed E-state index contributed by atoms with van der Waals surface area (Å²) in [5, 5.41) is 9.42. The number of hydrogen-bond donors (Lipinski definition) is 2. The van der Waals surface area contributed by atoms with Gasteiger partial charge in [-0.25, -0.2) is 0 Å². The fourth-order valence-electron chi connectivity index (χ4n) is 1.42. The highest BCUT2D eigenvalue weighted by Crippen LogP contribution is 2.33. The summed E-state index contributed by atoms with van der Waals surface area (Å²) in [6, 6.07) is 0. The van der Waals surface area contributed by atoms with Crippen LogP contribution in [0.1, 0.15) is 31.2 Å². The first-order valence-corrected chi connectivity index (χ1v) is 5.05. The Morgan fingerprint density at radius 3 is 3.07 bits per heavy atom. The Kier molecular flexibility index (Phi) is 2.52. The van der Waals surface area contributed by atoms with Crippen molar-refractivity contribution < 1.29 is 4.79 Å². The molecule has 4 nitrogen and oxygen atoms in total. The van der Waals surface area contributed by atoms with E-state index in [4.69, 9.17) is 0 Å². The first-order chi connectivity index (χ1) is 6.75. The van der Waals surface area contributed by atoms with Gasteiger partial charge in [-0.1, -0.05) is 12.8 Å².